The van der Waals surface area contributed by atoms with Crippen LogP contribution in [0.2, 0.25) is 0 Å². The number of alkyl halides is 3. The summed E-state index contributed by atoms with van der Waals surface area (Å²) in [5, 5.41) is 0. The van der Waals surface area contributed by atoms with E-state index in [1.807, 2.05) is 0 Å². The molecule has 2 rings (SSSR count). The minimum Gasteiger partial charge on any atom is -0.294 e. The van der Waals surface area contributed by atoms with Crippen molar-refractivity contribution >= 4 is 5.65 Å². The second-order valence-electron chi connectivity index (χ2n) is 3.75. The molecule has 0 N–H and O–H groups in total. The van der Waals surface area contributed by atoms with Crippen molar-refractivity contribution in [1.29, 1.82) is 0 Å². The first-order valence-corrected chi connectivity index (χ1v) is 4.88. The lowest BCUT2D eigenvalue weighted by atomic mass is 10.2. The molecule has 0 bridgehead atoms. The van der Waals surface area contributed by atoms with Crippen LogP contribution in [0.1, 0.15) is 17.0 Å². The van der Waals surface area contributed by atoms with Crippen molar-refractivity contribution < 1.29 is 13.2 Å². The van der Waals surface area contributed by atoms with Crippen molar-refractivity contribution in [3.05, 3.63) is 45.5 Å². The van der Waals surface area contributed by atoms with Crippen molar-refractivity contribution in [2.24, 2.45) is 0 Å². The highest BCUT2D eigenvalue weighted by Gasteiger charge is 2.36. The molecule has 0 saturated carbocycles. The molecule has 2 aromatic rings. The van der Waals surface area contributed by atoms with Gasteiger partial charge in [-0.15, -0.1) is 0 Å². The monoisotopic (exact) mass is 242 g/mol. The zero-order chi connectivity index (χ0) is 12.8. The van der Waals surface area contributed by atoms with Crippen molar-refractivity contribution in [3.63, 3.8) is 0 Å². The number of rotatable bonds is 0. The van der Waals surface area contributed by atoms with E-state index in [-0.39, 0.29) is 11.2 Å². The van der Waals surface area contributed by atoms with Gasteiger partial charge in [-0.1, -0.05) is 6.07 Å². The van der Waals surface area contributed by atoms with Gasteiger partial charge in [0.15, 0.2) is 0 Å². The molecule has 0 aliphatic heterocycles. The maximum Gasteiger partial charge on any atom is 0.432 e. The molecule has 0 aliphatic carbocycles. The Morgan fingerprint density at radius 1 is 1.24 bits per heavy atom. The van der Waals surface area contributed by atoms with Gasteiger partial charge in [-0.05, 0) is 26.0 Å². The minimum atomic E-state index is -4.58. The Balaban J connectivity index is 3.07. The first-order chi connectivity index (χ1) is 7.82. The Morgan fingerprint density at radius 3 is 2.47 bits per heavy atom. The predicted molar refractivity (Wildman–Crippen MR) is 55.9 cm³/mol. The Morgan fingerprint density at radius 2 is 1.88 bits per heavy atom. The van der Waals surface area contributed by atoms with Gasteiger partial charge < -0.3 is 0 Å². The van der Waals surface area contributed by atoms with Crippen molar-refractivity contribution in [1.82, 2.24) is 9.38 Å². The standard InChI is InChI=1S/C11H9F3N2O/c1-6-4-3-5-8-15-10(17)7(2)9(16(6)8)11(12,13)14/h3-5H,1-2H3. The van der Waals surface area contributed by atoms with Crippen LogP contribution in [-0.2, 0) is 6.18 Å². The summed E-state index contributed by atoms with van der Waals surface area (Å²) in [7, 11) is 0. The lowest BCUT2D eigenvalue weighted by Crippen LogP contribution is -2.24. The number of fused-ring (bicyclic) bond motifs is 1. The molecule has 90 valence electrons. The van der Waals surface area contributed by atoms with Gasteiger partial charge in [0.05, 0.1) is 0 Å². The van der Waals surface area contributed by atoms with E-state index in [1.165, 1.54) is 19.1 Å². The molecule has 0 aliphatic rings. The second-order valence-corrected chi connectivity index (χ2v) is 3.75. The summed E-state index contributed by atoms with van der Waals surface area (Å²) >= 11 is 0. The molecule has 2 aromatic heterocycles. The fraction of sp³-hybridized carbons (Fsp3) is 0.273. The SMILES string of the molecule is Cc1c(C(F)(F)F)n2c(C)cccc2nc1=O. The van der Waals surface area contributed by atoms with E-state index in [9.17, 15) is 18.0 Å². The Hall–Kier alpha value is -1.85. The van der Waals surface area contributed by atoms with Gasteiger partial charge in [0, 0.05) is 11.3 Å². The average molecular weight is 242 g/mol. The van der Waals surface area contributed by atoms with Gasteiger partial charge in [-0.25, -0.2) is 0 Å². The number of aryl methyl sites for hydroxylation is 1. The topological polar surface area (TPSA) is 34.4 Å². The molecule has 0 fully saturated rings. The van der Waals surface area contributed by atoms with Gasteiger partial charge in [0.1, 0.15) is 11.3 Å². The molecule has 0 aromatic carbocycles. The molecule has 6 heteroatoms. The molecule has 0 radical (unpaired) electrons. The number of nitrogens with zero attached hydrogens (tertiary/aromatic N) is 2. The third kappa shape index (κ3) is 1.79. The molecule has 0 unspecified atom stereocenters. The fourth-order valence-corrected chi connectivity index (χ4v) is 1.78. The highest BCUT2D eigenvalue weighted by molar-refractivity contribution is 5.43. The fourth-order valence-electron chi connectivity index (χ4n) is 1.78. The molecule has 0 spiro atoms. The van der Waals surface area contributed by atoms with Gasteiger partial charge in [0.2, 0.25) is 0 Å². The van der Waals surface area contributed by atoms with E-state index in [0.717, 1.165) is 11.3 Å². The lowest BCUT2D eigenvalue weighted by Gasteiger charge is -2.15. The van der Waals surface area contributed by atoms with Crippen LogP contribution in [0.5, 0.6) is 0 Å². The van der Waals surface area contributed by atoms with E-state index in [2.05, 4.69) is 4.98 Å². The summed E-state index contributed by atoms with van der Waals surface area (Å²) in [5.74, 6) is 0. The molecule has 0 atom stereocenters. The third-order valence-electron chi connectivity index (χ3n) is 2.55. The number of hydrogen-bond donors (Lipinski definition) is 0. The van der Waals surface area contributed by atoms with Crippen LogP contribution >= 0.6 is 0 Å². The molecule has 0 amide bonds. The number of pyridine rings is 1. The molecule has 17 heavy (non-hydrogen) atoms. The van der Waals surface area contributed by atoms with Crippen LogP contribution in [-0.4, -0.2) is 9.38 Å². The van der Waals surface area contributed by atoms with Crippen LogP contribution in [0, 0.1) is 13.8 Å². The maximum atomic E-state index is 13.0. The zero-order valence-electron chi connectivity index (χ0n) is 9.17. The van der Waals surface area contributed by atoms with Crippen LogP contribution < -0.4 is 5.56 Å². The quantitative estimate of drug-likeness (QED) is 0.710. The summed E-state index contributed by atoms with van der Waals surface area (Å²) in [4.78, 5) is 15.0. The number of aromatic nitrogens is 2. The second kappa shape index (κ2) is 3.58. The minimum absolute atomic E-state index is 0.00734. The largest absolute Gasteiger partial charge is 0.432 e. The van der Waals surface area contributed by atoms with E-state index >= 15 is 0 Å². The van der Waals surface area contributed by atoms with Crippen molar-refractivity contribution in [2.45, 2.75) is 20.0 Å². The van der Waals surface area contributed by atoms with Crippen LogP contribution in [0.3, 0.4) is 0 Å². The van der Waals surface area contributed by atoms with E-state index in [0.29, 0.717) is 5.69 Å². The summed E-state index contributed by atoms with van der Waals surface area (Å²) in [6.45, 7) is 2.67. The highest BCUT2D eigenvalue weighted by atomic mass is 19.4. The van der Waals surface area contributed by atoms with E-state index in [1.54, 1.807) is 6.07 Å². The van der Waals surface area contributed by atoms with Gasteiger partial charge in [0.25, 0.3) is 5.56 Å². The highest BCUT2D eigenvalue weighted by Crippen LogP contribution is 2.31. The van der Waals surface area contributed by atoms with Crippen LogP contribution in [0.4, 0.5) is 13.2 Å². The molecule has 3 nitrogen and oxygen atoms in total. The van der Waals surface area contributed by atoms with E-state index < -0.39 is 17.4 Å². The third-order valence-corrected chi connectivity index (χ3v) is 2.55. The number of halogens is 3. The van der Waals surface area contributed by atoms with Crippen molar-refractivity contribution in [2.75, 3.05) is 0 Å². The van der Waals surface area contributed by atoms with E-state index in [4.69, 9.17) is 0 Å². The van der Waals surface area contributed by atoms with Crippen molar-refractivity contribution in [3.8, 4) is 0 Å². The van der Waals surface area contributed by atoms with Gasteiger partial charge in [-0.2, -0.15) is 18.2 Å². The Bertz CT molecular complexity index is 643. The Labute approximate surface area is 94.5 Å². The normalized spacial score (nSPS) is 12.1. The summed E-state index contributed by atoms with van der Waals surface area (Å²) < 4.78 is 39.8. The molecule has 2 heterocycles. The molecular weight excluding hydrogens is 233 g/mol. The Kier molecular flexibility index (Phi) is 2.45. The van der Waals surface area contributed by atoms with Crippen LogP contribution in [0.15, 0.2) is 23.0 Å². The number of hydrogen-bond acceptors (Lipinski definition) is 2. The summed E-state index contributed by atoms with van der Waals surface area (Å²) in [5.41, 5.74) is -1.80. The lowest BCUT2D eigenvalue weighted by molar-refractivity contribution is -0.142. The first-order valence-electron chi connectivity index (χ1n) is 4.88. The van der Waals surface area contributed by atoms with Gasteiger partial charge in [-0.3, -0.25) is 9.20 Å². The first kappa shape index (κ1) is 11.6. The summed E-state index contributed by atoms with van der Waals surface area (Å²) in [6.07, 6.45) is -4.58. The average Bonchev–Trinajstić information content (AvgIpc) is 2.19. The predicted octanol–water partition coefficient (Wildman–Crippen LogP) is 2.33. The van der Waals surface area contributed by atoms with Gasteiger partial charge >= 0.3 is 6.18 Å². The summed E-state index contributed by atoms with van der Waals surface area (Å²) in [6, 6.07) is 4.48. The van der Waals surface area contributed by atoms with Crippen LogP contribution in [0.25, 0.3) is 5.65 Å². The molecular formula is C11H9F3N2O. The zero-order valence-corrected chi connectivity index (χ0v) is 9.17. The molecule has 0 saturated heterocycles. The maximum absolute atomic E-state index is 13.0. The smallest absolute Gasteiger partial charge is 0.294 e.